The third-order valence-electron chi connectivity index (χ3n) is 6.15. The number of hydrogen-bond acceptors (Lipinski definition) is 5. The van der Waals surface area contributed by atoms with Gasteiger partial charge in [-0.3, -0.25) is 14.6 Å². The van der Waals surface area contributed by atoms with Crippen LogP contribution in [0, 0.1) is 5.82 Å². The molecule has 0 spiro atoms. The quantitative estimate of drug-likeness (QED) is 0.392. The SMILES string of the molecule is O=C(Cc1nc2ccc(F)cc2s1)CN1CCN(C(c2ccccc2)c2ccccc2)CC1. The number of aromatic nitrogens is 1. The Bertz CT molecular complexity index is 1180. The highest BCUT2D eigenvalue weighted by molar-refractivity contribution is 7.18. The lowest BCUT2D eigenvalue weighted by Crippen LogP contribution is -2.49. The topological polar surface area (TPSA) is 36.4 Å². The fourth-order valence-corrected chi connectivity index (χ4v) is 5.58. The minimum absolute atomic E-state index is 0.158. The summed E-state index contributed by atoms with van der Waals surface area (Å²) in [5.41, 5.74) is 3.34. The number of fused-ring (bicyclic) bond motifs is 1. The number of rotatable bonds is 7. The molecule has 6 heteroatoms. The van der Waals surface area contributed by atoms with E-state index in [4.69, 9.17) is 0 Å². The molecule has 0 saturated carbocycles. The number of hydrogen-bond donors (Lipinski definition) is 0. The zero-order valence-electron chi connectivity index (χ0n) is 18.4. The van der Waals surface area contributed by atoms with Crippen LogP contribution in [0.15, 0.2) is 78.9 Å². The maximum atomic E-state index is 13.4. The predicted molar refractivity (Wildman–Crippen MR) is 131 cm³/mol. The standard InChI is InChI=1S/C27H26FN3OS/c28-22-11-12-24-25(17-22)33-26(29-24)18-23(32)19-30-13-15-31(16-14-30)27(20-7-3-1-4-8-20)21-9-5-2-6-10-21/h1-12,17,27H,13-16,18-19H2. The molecule has 0 aliphatic carbocycles. The van der Waals surface area contributed by atoms with Crippen LogP contribution in [0.3, 0.4) is 0 Å². The van der Waals surface area contributed by atoms with Crippen molar-refractivity contribution in [1.29, 1.82) is 0 Å². The van der Waals surface area contributed by atoms with Crippen molar-refractivity contribution in [3.05, 3.63) is 101 Å². The van der Waals surface area contributed by atoms with Gasteiger partial charge in [-0.2, -0.15) is 0 Å². The molecule has 1 aliphatic heterocycles. The van der Waals surface area contributed by atoms with Crippen molar-refractivity contribution in [2.24, 2.45) is 0 Å². The van der Waals surface area contributed by atoms with E-state index in [9.17, 15) is 9.18 Å². The van der Waals surface area contributed by atoms with Crippen molar-refractivity contribution >= 4 is 27.3 Å². The minimum Gasteiger partial charge on any atom is -0.298 e. The van der Waals surface area contributed by atoms with Gasteiger partial charge in [0, 0.05) is 26.2 Å². The predicted octanol–water partition coefficient (Wildman–Crippen LogP) is 4.95. The lowest BCUT2D eigenvalue weighted by molar-refractivity contribution is -0.120. The second-order valence-electron chi connectivity index (χ2n) is 8.47. The van der Waals surface area contributed by atoms with Gasteiger partial charge in [-0.15, -0.1) is 11.3 Å². The summed E-state index contributed by atoms with van der Waals surface area (Å²) in [5.74, 6) is -0.114. The molecule has 2 heterocycles. The molecule has 1 aromatic heterocycles. The Hall–Kier alpha value is -2.93. The third kappa shape index (κ3) is 5.19. The Morgan fingerprint density at radius 1 is 0.909 bits per heavy atom. The molecular weight excluding hydrogens is 433 g/mol. The summed E-state index contributed by atoms with van der Waals surface area (Å²) in [5, 5.41) is 0.757. The van der Waals surface area contributed by atoms with Crippen LogP contribution in [0.5, 0.6) is 0 Å². The van der Waals surface area contributed by atoms with Crippen LogP contribution >= 0.6 is 11.3 Å². The van der Waals surface area contributed by atoms with Gasteiger partial charge in [-0.05, 0) is 29.3 Å². The van der Waals surface area contributed by atoms with Crippen molar-refractivity contribution in [3.8, 4) is 0 Å². The second kappa shape index (κ2) is 9.91. The molecule has 1 saturated heterocycles. The van der Waals surface area contributed by atoms with E-state index in [1.807, 2.05) is 0 Å². The maximum Gasteiger partial charge on any atom is 0.153 e. The molecule has 4 nitrogen and oxygen atoms in total. The van der Waals surface area contributed by atoms with E-state index in [1.54, 1.807) is 6.07 Å². The van der Waals surface area contributed by atoms with Crippen LogP contribution in [0.2, 0.25) is 0 Å². The van der Waals surface area contributed by atoms with E-state index in [1.165, 1.54) is 34.6 Å². The first-order valence-electron chi connectivity index (χ1n) is 11.3. The summed E-state index contributed by atoms with van der Waals surface area (Å²) in [7, 11) is 0. The number of ketones is 1. The van der Waals surface area contributed by atoms with Gasteiger partial charge in [-0.1, -0.05) is 60.7 Å². The van der Waals surface area contributed by atoms with Crippen LogP contribution in [0.4, 0.5) is 4.39 Å². The molecule has 168 valence electrons. The van der Waals surface area contributed by atoms with Crippen molar-refractivity contribution in [1.82, 2.24) is 14.8 Å². The maximum absolute atomic E-state index is 13.4. The summed E-state index contributed by atoms with van der Waals surface area (Å²) in [6.07, 6.45) is 0.303. The monoisotopic (exact) mass is 459 g/mol. The van der Waals surface area contributed by atoms with Gasteiger partial charge in [0.05, 0.1) is 29.2 Å². The Morgan fingerprint density at radius 2 is 1.55 bits per heavy atom. The molecule has 0 unspecified atom stereocenters. The van der Waals surface area contributed by atoms with Crippen LogP contribution in [0.1, 0.15) is 22.2 Å². The average molecular weight is 460 g/mol. The van der Waals surface area contributed by atoms with Gasteiger partial charge in [0.2, 0.25) is 0 Å². The largest absolute Gasteiger partial charge is 0.298 e. The lowest BCUT2D eigenvalue weighted by Gasteiger charge is -2.39. The van der Waals surface area contributed by atoms with E-state index >= 15 is 0 Å². The van der Waals surface area contributed by atoms with Crippen LogP contribution in [-0.2, 0) is 11.2 Å². The first-order chi connectivity index (χ1) is 16.2. The normalized spacial score (nSPS) is 15.3. The third-order valence-corrected chi connectivity index (χ3v) is 7.16. The van der Waals surface area contributed by atoms with Crippen molar-refractivity contribution in [2.75, 3.05) is 32.7 Å². The Balaban J connectivity index is 1.21. The molecule has 5 rings (SSSR count). The number of carbonyl (C=O) groups excluding carboxylic acids is 1. The number of benzene rings is 3. The fraction of sp³-hybridized carbons (Fsp3) is 0.259. The number of halogens is 1. The number of nitrogens with zero attached hydrogens (tertiary/aromatic N) is 3. The molecular formula is C27H26FN3OS. The summed E-state index contributed by atoms with van der Waals surface area (Å²) in [6.45, 7) is 3.95. The number of piperazine rings is 1. The Labute approximate surface area is 197 Å². The van der Waals surface area contributed by atoms with Crippen LogP contribution in [-0.4, -0.2) is 53.3 Å². The van der Waals surface area contributed by atoms with Gasteiger partial charge in [0.15, 0.2) is 5.78 Å². The van der Waals surface area contributed by atoms with Gasteiger partial charge in [0.1, 0.15) is 10.8 Å². The summed E-state index contributed by atoms with van der Waals surface area (Å²) < 4.78 is 14.2. The first kappa shape index (κ1) is 21.9. The van der Waals surface area contributed by atoms with Crippen molar-refractivity contribution < 1.29 is 9.18 Å². The minimum atomic E-state index is -0.272. The zero-order valence-corrected chi connectivity index (χ0v) is 19.2. The summed E-state index contributed by atoms with van der Waals surface area (Å²) in [6, 6.07) is 26.0. The highest BCUT2D eigenvalue weighted by atomic mass is 32.1. The molecule has 1 fully saturated rings. The van der Waals surface area contributed by atoms with Gasteiger partial charge >= 0.3 is 0 Å². The van der Waals surface area contributed by atoms with E-state index < -0.39 is 0 Å². The number of Topliss-reactive ketones (excluding diaryl/α,β-unsaturated/α-hetero) is 1. The molecule has 0 bridgehead atoms. The van der Waals surface area contributed by atoms with E-state index in [0.717, 1.165) is 41.4 Å². The van der Waals surface area contributed by atoms with E-state index in [2.05, 4.69) is 75.4 Å². The zero-order chi connectivity index (χ0) is 22.6. The Kier molecular flexibility index (Phi) is 6.58. The fourth-order valence-electron chi connectivity index (χ4n) is 4.56. The molecule has 4 aromatic rings. The summed E-state index contributed by atoms with van der Waals surface area (Å²) >= 11 is 1.40. The van der Waals surface area contributed by atoms with E-state index in [-0.39, 0.29) is 17.6 Å². The van der Waals surface area contributed by atoms with Gasteiger partial charge in [0.25, 0.3) is 0 Å². The molecule has 3 aromatic carbocycles. The molecule has 33 heavy (non-hydrogen) atoms. The van der Waals surface area contributed by atoms with Gasteiger partial charge < -0.3 is 0 Å². The van der Waals surface area contributed by atoms with Crippen LogP contribution in [0.25, 0.3) is 10.2 Å². The number of carbonyl (C=O) groups is 1. The van der Waals surface area contributed by atoms with Crippen LogP contribution < -0.4 is 0 Å². The molecule has 0 radical (unpaired) electrons. The van der Waals surface area contributed by atoms with Gasteiger partial charge in [-0.25, -0.2) is 9.37 Å². The second-order valence-corrected chi connectivity index (χ2v) is 9.59. The van der Waals surface area contributed by atoms with Crippen molar-refractivity contribution in [3.63, 3.8) is 0 Å². The molecule has 1 aliphatic rings. The molecule has 0 atom stereocenters. The lowest BCUT2D eigenvalue weighted by atomic mass is 9.96. The smallest absolute Gasteiger partial charge is 0.153 e. The van der Waals surface area contributed by atoms with E-state index in [0.29, 0.717) is 13.0 Å². The average Bonchev–Trinajstić information content (AvgIpc) is 3.23. The first-order valence-corrected chi connectivity index (χ1v) is 12.1. The van der Waals surface area contributed by atoms with Crippen molar-refractivity contribution in [2.45, 2.75) is 12.5 Å². The molecule has 0 N–H and O–H groups in total. The highest BCUT2D eigenvalue weighted by Gasteiger charge is 2.27. The Morgan fingerprint density at radius 3 is 2.18 bits per heavy atom. The molecule has 0 amide bonds. The highest BCUT2D eigenvalue weighted by Crippen LogP contribution is 2.29. The summed E-state index contributed by atoms with van der Waals surface area (Å²) in [4.78, 5) is 22.0. The number of thiazole rings is 1.